The summed E-state index contributed by atoms with van der Waals surface area (Å²) in [5, 5.41) is 4.44. The van der Waals surface area contributed by atoms with E-state index in [4.69, 9.17) is 16.3 Å². The van der Waals surface area contributed by atoms with Gasteiger partial charge >= 0.3 is 0 Å². The lowest BCUT2D eigenvalue weighted by molar-refractivity contribution is -0.135. The van der Waals surface area contributed by atoms with Crippen molar-refractivity contribution in [1.82, 2.24) is 15.1 Å². The number of hydrogen-bond donors (Lipinski definition) is 1. The zero-order valence-electron chi connectivity index (χ0n) is 20.0. The van der Waals surface area contributed by atoms with Gasteiger partial charge in [-0.1, -0.05) is 29.8 Å². The predicted octanol–water partition coefficient (Wildman–Crippen LogP) is 4.57. The summed E-state index contributed by atoms with van der Waals surface area (Å²) in [6.07, 6.45) is 0.810. The zero-order valence-corrected chi connectivity index (χ0v) is 20.7. The minimum atomic E-state index is -0.120. The van der Waals surface area contributed by atoms with Gasteiger partial charge in [-0.25, -0.2) is 0 Å². The number of nitrogens with one attached hydrogen (secondary N) is 1. The van der Waals surface area contributed by atoms with Crippen LogP contribution in [-0.4, -0.2) is 54.5 Å². The smallest absolute Gasteiger partial charge is 0.239 e. The van der Waals surface area contributed by atoms with Crippen molar-refractivity contribution in [3.63, 3.8) is 0 Å². The van der Waals surface area contributed by atoms with E-state index in [2.05, 4.69) is 36.2 Å². The highest BCUT2D eigenvalue weighted by atomic mass is 35.5. The molecule has 5 nitrogen and oxygen atoms in total. The Morgan fingerprint density at radius 3 is 2.59 bits per heavy atom. The van der Waals surface area contributed by atoms with Crippen molar-refractivity contribution in [2.24, 2.45) is 0 Å². The van der Waals surface area contributed by atoms with Crippen molar-refractivity contribution >= 4 is 17.5 Å². The van der Waals surface area contributed by atoms with Crippen LogP contribution in [0.1, 0.15) is 42.5 Å². The Morgan fingerprint density at radius 2 is 1.94 bits per heavy atom. The molecule has 2 aromatic rings. The monoisotopic (exact) mass is 457 g/mol. The SMILES string of the molecule is CCN(CC)C(=O)[C@@H]1C[C@@H](NCc2ccc(OC)c(C)c2C)CN1Cc1cccc(Cl)c1. The maximum atomic E-state index is 13.3. The second kappa shape index (κ2) is 11.2. The van der Waals surface area contributed by atoms with Crippen LogP contribution in [0.2, 0.25) is 5.02 Å². The number of likely N-dealkylation sites (N-methyl/N-ethyl adjacent to an activating group) is 1. The van der Waals surface area contributed by atoms with Gasteiger partial charge in [0.2, 0.25) is 5.91 Å². The molecule has 0 spiro atoms. The van der Waals surface area contributed by atoms with E-state index in [0.717, 1.165) is 55.5 Å². The van der Waals surface area contributed by atoms with Gasteiger partial charge in [0, 0.05) is 43.8 Å². The fourth-order valence-electron chi connectivity index (χ4n) is 4.62. The molecular formula is C26H36ClN3O2. The van der Waals surface area contributed by atoms with Gasteiger partial charge < -0.3 is 15.0 Å². The number of likely N-dealkylation sites (tertiary alicyclic amines) is 1. The van der Waals surface area contributed by atoms with Crippen LogP contribution in [0, 0.1) is 13.8 Å². The average molecular weight is 458 g/mol. The Hall–Kier alpha value is -2.08. The minimum absolute atomic E-state index is 0.120. The van der Waals surface area contributed by atoms with Gasteiger partial charge in [-0.2, -0.15) is 0 Å². The number of rotatable bonds is 9. The lowest BCUT2D eigenvalue weighted by atomic mass is 10.0. The summed E-state index contributed by atoms with van der Waals surface area (Å²) < 4.78 is 5.44. The summed E-state index contributed by atoms with van der Waals surface area (Å²) in [5.41, 5.74) is 4.83. The average Bonchev–Trinajstić information content (AvgIpc) is 3.18. The van der Waals surface area contributed by atoms with Gasteiger partial charge in [0.15, 0.2) is 0 Å². The fraction of sp³-hybridized carbons (Fsp3) is 0.500. The maximum absolute atomic E-state index is 13.3. The van der Waals surface area contributed by atoms with E-state index in [1.807, 2.05) is 43.0 Å². The molecule has 1 fully saturated rings. The van der Waals surface area contributed by atoms with Crippen molar-refractivity contribution in [3.8, 4) is 5.75 Å². The van der Waals surface area contributed by atoms with Crippen molar-refractivity contribution in [1.29, 1.82) is 0 Å². The first-order valence-electron chi connectivity index (χ1n) is 11.5. The number of carbonyl (C=O) groups excluding carboxylic acids is 1. The number of hydrogen-bond acceptors (Lipinski definition) is 4. The molecule has 2 atom stereocenters. The highest BCUT2D eigenvalue weighted by Crippen LogP contribution is 2.26. The van der Waals surface area contributed by atoms with E-state index < -0.39 is 0 Å². The van der Waals surface area contributed by atoms with Crippen LogP contribution in [0.25, 0.3) is 0 Å². The lowest BCUT2D eigenvalue weighted by Crippen LogP contribution is -2.45. The second-order valence-corrected chi connectivity index (χ2v) is 9.01. The normalized spacial score (nSPS) is 18.7. The molecule has 2 aromatic carbocycles. The first-order valence-corrected chi connectivity index (χ1v) is 11.9. The molecule has 3 rings (SSSR count). The van der Waals surface area contributed by atoms with Crippen molar-refractivity contribution < 1.29 is 9.53 Å². The molecule has 1 N–H and O–H groups in total. The Kier molecular flexibility index (Phi) is 8.57. The Balaban J connectivity index is 1.73. The third kappa shape index (κ3) is 5.64. The minimum Gasteiger partial charge on any atom is -0.496 e. The van der Waals surface area contributed by atoms with Gasteiger partial charge in [0.1, 0.15) is 5.75 Å². The Labute approximate surface area is 197 Å². The molecule has 6 heteroatoms. The fourth-order valence-corrected chi connectivity index (χ4v) is 4.83. The molecule has 1 amide bonds. The van der Waals surface area contributed by atoms with Gasteiger partial charge in [-0.3, -0.25) is 9.69 Å². The van der Waals surface area contributed by atoms with Crippen molar-refractivity contribution in [3.05, 3.63) is 63.7 Å². The third-order valence-corrected chi connectivity index (χ3v) is 6.92. The number of amides is 1. The predicted molar refractivity (Wildman–Crippen MR) is 131 cm³/mol. The highest BCUT2D eigenvalue weighted by Gasteiger charge is 2.38. The van der Waals surface area contributed by atoms with Crippen LogP contribution in [0.15, 0.2) is 36.4 Å². The molecule has 1 aliphatic rings. The van der Waals surface area contributed by atoms with E-state index in [-0.39, 0.29) is 18.0 Å². The first kappa shape index (κ1) is 24.6. The quantitative estimate of drug-likeness (QED) is 0.599. The molecule has 174 valence electrons. The molecular weight excluding hydrogens is 422 g/mol. The van der Waals surface area contributed by atoms with Gasteiger partial charge in [0.25, 0.3) is 0 Å². The number of methoxy groups -OCH3 is 1. The van der Waals surface area contributed by atoms with E-state index >= 15 is 0 Å². The molecule has 0 saturated carbocycles. The van der Waals surface area contributed by atoms with Crippen LogP contribution in [-0.2, 0) is 17.9 Å². The Bertz CT molecular complexity index is 929. The molecule has 1 saturated heterocycles. The molecule has 1 heterocycles. The molecule has 0 unspecified atom stereocenters. The number of carbonyl (C=O) groups is 1. The topological polar surface area (TPSA) is 44.8 Å². The zero-order chi connectivity index (χ0) is 23.3. The maximum Gasteiger partial charge on any atom is 0.239 e. The van der Waals surface area contributed by atoms with Gasteiger partial charge in [-0.05, 0) is 74.6 Å². The standard InChI is InChI=1S/C26H36ClN3O2/c1-6-29(7-2)26(31)24-14-23(17-30(24)16-20-9-8-10-22(27)13-20)28-15-21-11-12-25(32-5)19(4)18(21)3/h8-13,23-24,28H,6-7,14-17H2,1-5H3/t23-,24+/m1/s1. The third-order valence-electron chi connectivity index (χ3n) is 6.69. The molecule has 0 aliphatic carbocycles. The van der Waals surface area contributed by atoms with E-state index in [0.29, 0.717) is 0 Å². The second-order valence-electron chi connectivity index (χ2n) is 8.58. The van der Waals surface area contributed by atoms with Crippen molar-refractivity contribution in [2.75, 3.05) is 26.7 Å². The number of ether oxygens (including phenoxy) is 1. The van der Waals surface area contributed by atoms with E-state index in [1.165, 1.54) is 16.7 Å². The van der Waals surface area contributed by atoms with Gasteiger partial charge in [-0.15, -0.1) is 0 Å². The Morgan fingerprint density at radius 1 is 1.19 bits per heavy atom. The van der Waals surface area contributed by atoms with Crippen LogP contribution in [0.4, 0.5) is 0 Å². The number of halogens is 1. The summed E-state index contributed by atoms with van der Waals surface area (Å²) in [5.74, 6) is 1.14. The first-order chi connectivity index (χ1) is 15.4. The molecule has 0 aromatic heterocycles. The van der Waals surface area contributed by atoms with Crippen LogP contribution in [0.3, 0.4) is 0 Å². The van der Waals surface area contributed by atoms with Crippen LogP contribution < -0.4 is 10.1 Å². The molecule has 0 radical (unpaired) electrons. The van der Waals surface area contributed by atoms with Crippen molar-refractivity contribution in [2.45, 2.75) is 59.3 Å². The summed E-state index contributed by atoms with van der Waals surface area (Å²) in [4.78, 5) is 17.5. The summed E-state index contributed by atoms with van der Waals surface area (Å²) in [6, 6.07) is 12.2. The largest absolute Gasteiger partial charge is 0.496 e. The molecule has 32 heavy (non-hydrogen) atoms. The van der Waals surface area contributed by atoms with Crippen LogP contribution in [0.5, 0.6) is 5.75 Å². The molecule has 1 aliphatic heterocycles. The number of nitrogens with zero attached hydrogens (tertiary/aromatic N) is 2. The summed E-state index contributed by atoms with van der Waals surface area (Å²) in [7, 11) is 1.71. The highest BCUT2D eigenvalue weighted by molar-refractivity contribution is 6.30. The van der Waals surface area contributed by atoms with Gasteiger partial charge in [0.05, 0.1) is 13.2 Å². The van der Waals surface area contributed by atoms with Crippen LogP contribution >= 0.6 is 11.6 Å². The van der Waals surface area contributed by atoms with E-state index in [9.17, 15) is 4.79 Å². The van der Waals surface area contributed by atoms with E-state index in [1.54, 1.807) is 7.11 Å². The summed E-state index contributed by atoms with van der Waals surface area (Å²) >= 11 is 6.20. The lowest BCUT2D eigenvalue weighted by Gasteiger charge is -2.28. The summed E-state index contributed by atoms with van der Waals surface area (Å²) in [6.45, 7) is 12.1. The number of benzene rings is 2. The molecule has 0 bridgehead atoms.